The van der Waals surface area contributed by atoms with Gasteiger partial charge < -0.3 is 15.5 Å². The van der Waals surface area contributed by atoms with Crippen LogP contribution >= 0.6 is 23.2 Å². The number of rotatable bonds is 6. The van der Waals surface area contributed by atoms with E-state index in [1.54, 1.807) is 24.4 Å². The molecule has 0 amide bonds. The molecule has 0 spiro atoms. The van der Waals surface area contributed by atoms with Gasteiger partial charge in [0.1, 0.15) is 5.15 Å². The number of carboxylic acids is 1. The smallest absolute Gasteiger partial charge is 0.335 e. The van der Waals surface area contributed by atoms with Gasteiger partial charge in [-0.15, -0.1) is 0 Å². The molecule has 3 N–H and O–H groups in total. The molecule has 2 aromatic carbocycles. The Labute approximate surface area is 190 Å². The average molecular weight is 457 g/mol. The van der Waals surface area contributed by atoms with Crippen molar-refractivity contribution in [3.05, 3.63) is 87.2 Å². The van der Waals surface area contributed by atoms with Crippen molar-refractivity contribution < 1.29 is 15.0 Å². The molecule has 0 saturated heterocycles. The van der Waals surface area contributed by atoms with Gasteiger partial charge in [-0.05, 0) is 59.7 Å². The van der Waals surface area contributed by atoms with E-state index in [0.29, 0.717) is 17.1 Å². The van der Waals surface area contributed by atoms with Gasteiger partial charge in [-0.1, -0.05) is 53.5 Å². The normalized spacial score (nSPS) is 16.5. The molecule has 160 valence electrons. The minimum absolute atomic E-state index is 0.225. The Morgan fingerprint density at radius 2 is 1.84 bits per heavy atom. The quantitative estimate of drug-likeness (QED) is 0.457. The van der Waals surface area contributed by atoms with Crippen molar-refractivity contribution in [2.24, 2.45) is 0 Å². The lowest BCUT2D eigenvalue weighted by Gasteiger charge is -2.27. The number of nitrogens with zero attached hydrogens (tertiary/aromatic N) is 1. The number of pyridine rings is 1. The number of aliphatic hydroxyl groups excluding tert-OH is 1. The molecular formula is C24H22Cl2N2O3. The van der Waals surface area contributed by atoms with Crippen LogP contribution in [0.3, 0.4) is 0 Å². The summed E-state index contributed by atoms with van der Waals surface area (Å²) in [6.45, 7) is 0.399. The number of hydrogen-bond donors (Lipinski definition) is 3. The van der Waals surface area contributed by atoms with Crippen molar-refractivity contribution in [2.75, 3.05) is 6.54 Å². The molecule has 1 aliphatic rings. The molecule has 3 aromatic rings. The number of halogens is 2. The van der Waals surface area contributed by atoms with Crippen LogP contribution in [0.4, 0.5) is 0 Å². The summed E-state index contributed by atoms with van der Waals surface area (Å²) in [5, 5.41) is 23.6. The molecule has 0 aliphatic heterocycles. The Morgan fingerprint density at radius 1 is 1.10 bits per heavy atom. The minimum atomic E-state index is -0.926. The number of nitrogens with one attached hydrogen (secondary N) is 1. The molecule has 0 radical (unpaired) electrons. The van der Waals surface area contributed by atoms with Gasteiger partial charge in [0.05, 0.1) is 16.7 Å². The van der Waals surface area contributed by atoms with Crippen LogP contribution in [0.25, 0.3) is 11.1 Å². The fourth-order valence-electron chi connectivity index (χ4n) is 3.93. The molecule has 1 heterocycles. The highest BCUT2D eigenvalue weighted by Gasteiger charge is 2.20. The highest BCUT2D eigenvalue weighted by molar-refractivity contribution is 6.41. The van der Waals surface area contributed by atoms with Gasteiger partial charge in [-0.3, -0.25) is 0 Å². The zero-order valence-electron chi connectivity index (χ0n) is 16.7. The molecule has 1 aliphatic carbocycles. The number of hydrogen-bond acceptors (Lipinski definition) is 4. The van der Waals surface area contributed by atoms with Crippen LogP contribution in [0, 0.1) is 0 Å². The SMILES string of the molecule is O=C(O)c1ccc(-c2ccc3c(c2)C[C@@H](NC[C@H](O)c2cnc(Cl)c(Cl)c2)CC3)cc1. The second kappa shape index (κ2) is 9.37. The summed E-state index contributed by atoms with van der Waals surface area (Å²) in [5.41, 5.74) is 5.57. The van der Waals surface area contributed by atoms with E-state index in [9.17, 15) is 9.90 Å². The molecule has 7 heteroatoms. The average Bonchev–Trinajstić information content (AvgIpc) is 2.78. The topological polar surface area (TPSA) is 82.5 Å². The lowest BCUT2D eigenvalue weighted by atomic mass is 9.86. The Kier molecular flexibility index (Phi) is 6.58. The van der Waals surface area contributed by atoms with Gasteiger partial charge >= 0.3 is 5.97 Å². The maximum atomic E-state index is 11.1. The summed E-state index contributed by atoms with van der Waals surface area (Å²) in [5.74, 6) is -0.926. The number of aliphatic hydroxyl groups is 1. The molecule has 0 bridgehead atoms. The Morgan fingerprint density at radius 3 is 2.55 bits per heavy atom. The number of aromatic carboxylic acids is 1. The van der Waals surface area contributed by atoms with E-state index in [1.807, 2.05) is 12.1 Å². The third kappa shape index (κ3) is 5.08. The summed E-state index contributed by atoms with van der Waals surface area (Å²) in [6.07, 6.45) is 3.64. The highest BCUT2D eigenvalue weighted by Crippen LogP contribution is 2.28. The van der Waals surface area contributed by atoms with E-state index >= 15 is 0 Å². The monoisotopic (exact) mass is 456 g/mol. The van der Waals surface area contributed by atoms with Gasteiger partial charge in [0, 0.05) is 24.3 Å². The fourth-order valence-corrected chi connectivity index (χ4v) is 4.21. The van der Waals surface area contributed by atoms with E-state index in [0.717, 1.165) is 30.4 Å². The van der Waals surface area contributed by atoms with Crippen LogP contribution in [0.2, 0.25) is 10.2 Å². The number of benzene rings is 2. The summed E-state index contributed by atoms with van der Waals surface area (Å²) in [4.78, 5) is 15.1. The molecule has 0 fully saturated rings. The minimum Gasteiger partial charge on any atom is -0.478 e. The standard InChI is InChI=1S/C24H22Cl2N2O3/c25-21-11-19(12-28-23(21)26)22(29)13-27-20-8-7-15-3-6-17(9-18(15)10-20)14-1-4-16(5-2-14)24(30)31/h1-6,9,11-12,20,22,27,29H,7-8,10,13H2,(H,30,31)/t20-,22-/m0/s1. The van der Waals surface area contributed by atoms with Crippen molar-refractivity contribution in [2.45, 2.75) is 31.4 Å². The summed E-state index contributed by atoms with van der Waals surface area (Å²) in [7, 11) is 0. The maximum absolute atomic E-state index is 11.1. The first kappa shape index (κ1) is 21.8. The first-order valence-electron chi connectivity index (χ1n) is 10.1. The van der Waals surface area contributed by atoms with Crippen LogP contribution in [-0.4, -0.2) is 33.8 Å². The summed E-state index contributed by atoms with van der Waals surface area (Å²) >= 11 is 11.8. The second-order valence-electron chi connectivity index (χ2n) is 7.77. The number of fused-ring (bicyclic) bond motifs is 1. The van der Waals surface area contributed by atoms with Crippen molar-refractivity contribution in [3.63, 3.8) is 0 Å². The Balaban J connectivity index is 1.42. The van der Waals surface area contributed by atoms with Crippen LogP contribution in [0.15, 0.2) is 54.7 Å². The van der Waals surface area contributed by atoms with Crippen LogP contribution in [0.5, 0.6) is 0 Å². The van der Waals surface area contributed by atoms with Crippen LogP contribution in [0.1, 0.15) is 39.6 Å². The van der Waals surface area contributed by atoms with E-state index in [4.69, 9.17) is 28.3 Å². The molecule has 2 atom stereocenters. The molecule has 0 saturated carbocycles. The lowest BCUT2D eigenvalue weighted by Crippen LogP contribution is -2.37. The zero-order chi connectivity index (χ0) is 22.0. The van der Waals surface area contributed by atoms with Crippen molar-refractivity contribution in [1.82, 2.24) is 10.3 Å². The van der Waals surface area contributed by atoms with Crippen molar-refractivity contribution in [1.29, 1.82) is 0 Å². The molecular weight excluding hydrogens is 435 g/mol. The third-order valence-corrected chi connectivity index (χ3v) is 6.39. The van der Waals surface area contributed by atoms with Gasteiger partial charge in [-0.2, -0.15) is 0 Å². The molecule has 31 heavy (non-hydrogen) atoms. The van der Waals surface area contributed by atoms with Crippen LogP contribution < -0.4 is 5.32 Å². The molecule has 5 nitrogen and oxygen atoms in total. The van der Waals surface area contributed by atoms with E-state index in [2.05, 4.69) is 28.5 Å². The number of carbonyl (C=O) groups is 1. The van der Waals surface area contributed by atoms with E-state index in [1.165, 1.54) is 11.1 Å². The van der Waals surface area contributed by atoms with Gasteiger partial charge in [0.2, 0.25) is 0 Å². The first-order valence-corrected chi connectivity index (χ1v) is 10.8. The molecule has 4 rings (SSSR count). The highest BCUT2D eigenvalue weighted by atomic mass is 35.5. The number of aromatic nitrogens is 1. The summed E-state index contributed by atoms with van der Waals surface area (Å²) < 4.78 is 0. The predicted molar refractivity (Wildman–Crippen MR) is 122 cm³/mol. The van der Waals surface area contributed by atoms with E-state index in [-0.39, 0.29) is 16.8 Å². The van der Waals surface area contributed by atoms with Gasteiger partial charge in [0.25, 0.3) is 0 Å². The fraction of sp³-hybridized carbons (Fsp3) is 0.250. The van der Waals surface area contributed by atoms with Crippen LogP contribution in [-0.2, 0) is 12.8 Å². The molecule has 0 unspecified atom stereocenters. The predicted octanol–water partition coefficient (Wildman–Crippen LogP) is 4.93. The first-order chi connectivity index (χ1) is 14.9. The maximum Gasteiger partial charge on any atom is 0.335 e. The summed E-state index contributed by atoms with van der Waals surface area (Å²) in [6, 6.07) is 15.2. The van der Waals surface area contributed by atoms with Gasteiger partial charge in [0.15, 0.2) is 0 Å². The second-order valence-corrected chi connectivity index (χ2v) is 8.54. The number of carboxylic acid groups (broad SMARTS) is 1. The van der Waals surface area contributed by atoms with Crippen molar-refractivity contribution >= 4 is 29.2 Å². The Hall–Kier alpha value is -2.44. The zero-order valence-corrected chi connectivity index (χ0v) is 18.2. The molecule has 1 aromatic heterocycles. The Bertz CT molecular complexity index is 1100. The third-order valence-electron chi connectivity index (χ3n) is 5.70. The number of aryl methyl sites for hydroxylation is 1. The van der Waals surface area contributed by atoms with Crippen molar-refractivity contribution in [3.8, 4) is 11.1 Å². The van der Waals surface area contributed by atoms with Gasteiger partial charge in [-0.25, -0.2) is 9.78 Å². The largest absolute Gasteiger partial charge is 0.478 e. The van der Waals surface area contributed by atoms with E-state index < -0.39 is 12.1 Å². The lowest BCUT2D eigenvalue weighted by molar-refractivity contribution is 0.0697.